The van der Waals surface area contributed by atoms with Gasteiger partial charge in [-0.15, -0.1) is 0 Å². The van der Waals surface area contributed by atoms with Crippen molar-refractivity contribution in [3.8, 4) is 0 Å². The molecule has 6 aromatic carbocycles. The van der Waals surface area contributed by atoms with E-state index in [1.165, 1.54) is 76.6 Å². The van der Waals surface area contributed by atoms with Gasteiger partial charge in [-0.3, -0.25) is 0 Å². The smallest absolute Gasteiger partial charge is 0.0150 e. The van der Waals surface area contributed by atoms with Crippen molar-refractivity contribution in [2.45, 2.75) is 188 Å². The van der Waals surface area contributed by atoms with Crippen LogP contribution in [0.1, 0.15) is 233 Å². The summed E-state index contributed by atoms with van der Waals surface area (Å²) < 4.78 is 0. The fourth-order valence-electron chi connectivity index (χ4n) is 14.0. The van der Waals surface area contributed by atoms with Crippen LogP contribution in [0.4, 0.5) is 0 Å². The van der Waals surface area contributed by atoms with Crippen molar-refractivity contribution in [3.63, 3.8) is 0 Å². The summed E-state index contributed by atoms with van der Waals surface area (Å²) in [6.07, 6.45) is 10.5. The lowest BCUT2D eigenvalue weighted by molar-refractivity contribution is 0.0580. The summed E-state index contributed by atoms with van der Waals surface area (Å²) in [4.78, 5) is 0. The van der Waals surface area contributed by atoms with Crippen molar-refractivity contribution in [2.75, 3.05) is 0 Å². The Balaban J connectivity index is 1.51. The van der Waals surface area contributed by atoms with Gasteiger partial charge in [0.25, 0.3) is 0 Å². The predicted molar refractivity (Wildman–Crippen MR) is 309 cm³/mol. The van der Waals surface area contributed by atoms with Gasteiger partial charge in [0, 0.05) is 0 Å². The highest BCUT2D eigenvalue weighted by molar-refractivity contribution is 5.33. The zero-order valence-corrected chi connectivity index (χ0v) is 46.5. The maximum Gasteiger partial charge on any atom is -0.0150 e. The second-order valence-corrected chi connectivity index (χ2v) is 24.9. The molecule has 71 heavy (non-hydrogen) atoms. The highest BCUT2D eigenvalue weighted by Crippen LogP contribution is 2.57. The van der Waals surface area contributed by atoms with Crippen molar-refractivity contribution in [1.82, 2.24) is 0 Å². The molecule has 6 unspecified atom stereocenters. The Labute approximate surface area is 434 Å². The van der Waals surface area contributed by atoms with Crippen LogP contribution in [0.15, 0.2) is 170 Å². The van der Waals surface area contributed by atoms with Gasteiger partial charge in [-0.2, -0.15) is 0 Å². The second-order valence-electron chi connectivity index (χ2n) is 24.9. The number of benzene rings is 6. The second kappa shape index (κ2) is 24.8. The van der Waals surface area contributed by atoms with Gasteiger partial charge < -0.3 is 0 Å². The SMILES string of the molecule is CC(C)CC1(C(C)C)CC(c2ccccc2)CC(c2ccc(C(C)C)cc2)CC(c2ccccc2)CC(C(C)C)(C(C)C)CC(c2ccccc2)CC(c2ccc(C(C)C)cc2)CC(c2ccccc2)C1. The first-order valence-electron chi connectivity index (χ1n) is 28.5. The number of hydrogen-bond donors (Lipinski definition) is 0. The van der Waals surface area contributed by atoms with Crippen molar-refractivity contribution >= 4 is 0 Å². The summed E-state index contributed by atoms with van der Waals surface area (Å²) in [7, 11) is 0. The minimum atomic E-state index is 0.0951. The van der Waals surface area contributed by atoms with Gasteiger partial charge in [0.1, 0.15) is 0 Å². The van der Waals surface area contributed by atoms with Crippen molar-refractivity contribution < 1.29 is 0 Å². The number of rotatable bonds is 13. The largest absolute Gasteiger partial charge is 0.0628 e. The van der Waals surface area contributed by atoms with Gasteiger partial charge in [-0.25, -0.2) is 0 Å². The number of hydrogen-bond acceptors (Lipinski definition) is 0. The summed E-state index contributed by atoms with van der Waals surface area (Å²) >= 11 is 0. The summed E-state index contributed by atoms with van der Waals surface area (Å²) in [5.41, 5.74) is 12.2. The topological polar surface area (TPSA) is 0 Å². The Morgan fingerprint density at radius 2 is 0.577 bits per heavy atom. The molecule has 0 radical (unpaired) electrons. The molecule has 0 amide bonds. The molecule has 0 aliphatic heterocycles. The first-order valence-corrected chi connectivity index (χ1v) is 28.5. The average Bonchev–Trinajstić information content (AvgIpc) is 3.37. The van der Waals surface area contributed by atoms with Gasteiger partial charge in [-0.1, -0.05) is 253 Å². The van der Waals surface area contributed by atoms with Crippen LogP contribution in [0, 0.1) is 34.5 Å². The van der Waals surface area contributed by atoms with Crippen LogP contribution in [-0.2, 0) is 0 Å². The maximum atomic E-state index is 2.59. The monoisotopic (exact) mass is 947 g/mol. The lowest BCUT2D eigenvalue weighted by atomic mass is 9.56. The van der Waals surface area contributed by atoms with E-state index in [2.05, 4.69) is 253 Å². The van der Waals surface area contributed by atoms with E-state index < -0.39 is 0 Å². The highest BCUT2D eigenvalue weighted by atomic mass is 14.5. The summed E-state index contributed by atoms with van der Waals surface area (Å²) in [6.45, 7) is 29.8. The molecule has 378 valence electrons. The van der Waals surface area contributed by atoms with E-state index in [4.69, 9.17) is 0 Å². The summed E-state index contributed by atoms with van der Waals surface area (Å²) in [6, 6.07) is 67.3. The molecule has 1 aliphatic rings. The molecular weight excluding hydrogens is 853 g/mol. The first-order chi connectivity index (χ1) is 34.1. The van der Waals surface area contributed by atoms with Crippen molar-refractivity contribution in [3.05, 3.63) is 214 Å². The Hall–Kier alpha value is -4.68. The van der Waals surface area contributed by atoms with Crippen LogP contribution >= 0.6 is 0 Å². The summed E-state index contributed by atoms with van der Waals surface area (Å²) in [5.74, 6) is 5.54. The van der Waals surface area contributed by atoms with Crippen LogP contribution in [0.2, 0.25) is 0 Å². The zero-order valence-electron chi connectivity index (χ0n) is 46.5. The molecule has 6 aromatic rings. The average molecular weight is 948 g/mol. The minimum absolute atomic E-state index is 0.0951. The molecule has 1 aliphatic carbocycles. The van der Waals surface area contributed by atoms with E-state index in [0.717, 1.165) is 25.7 Å². The molecule has 0 heteroatoms. The Bertz CT molecular complexity index is 2260. The molecule has 0 N–H and O–H groups in total. The van der Waals surface area contributed by atoms with E-state index in [-0.39, 0.29) is 10.8 Å². The third-order valence-corrected chi connectivity index (χ3v) is 18.4. The highest BCUT2D eigenvalue weighted by Gasteiger charge is 2.45. The molecule has 1 fully saturated rings. The molecule has 0 heterocycles. The standard InChI is InChI=1S/C71H94/c1-50(2)45-70(53(7)8)46-66(58-25-17-13-18-26-58)41-64(62-37-33-56(34-38-62)51(3)4)43-68(60-29-21-15-22-30-60)48-71(54(9)10,55(11)12)49-69(61-31-23-16-24-32-61)44-65(63-39-35-57(36-40-63)52(5)6)42-67(47-70)59-27-19-14-20-28-59/h13-40,50-55,64-69H,41-49H2,1-12H3. The Morgan fingerprint density at radius 3 is 0.817 bits per heavy atom. The quantitative estimate of drug-likeness (QED) is 0.108. The van der Waals surface area contributed by atoms with Crippen molar-refractivity contribution in [2.24, 2.45) is 34.5 Å². The van der Waals surface area contributed by atoms with Crippen LogP contribution in [0.25, 0.3) is 0 Å². The molecule has 6 atom stereocenters. The van der Waals surface area contributed by atoms with Crippen LogP contribution in [-0.4, -0.2) is 0 Å². The van der Waals surface area contributed by atoms with Crippen molar-refractivity contribution in [1.29, 1.82) is 0 Å². The lowest BCUT2D eigenvalue weighted by Gasteiger charge is -2.48. The third kappa shape index (κ3) is 13.7. The van der Waals surface area contributed by atoms with E-state index in [1.807, 2.05) is 0 Å². The molecular formula is C71H94. The molecule has 0 bridgehead atoms. The van der Waals surface area contributed by atoms with Gasteiger partial charge in [0.2, 0.25) is 0 Å². The Kier molecular flexibility index (Phi) is 18.9. The lowest BCUT2D eigenvalue weighted by Crippen LogP contribution is -2.38. The van der Waals surface area contributed by atoms with E-state index >= 15 is 0 Å². The van der Waals surface area contributed by atoms with Gasteiger partial charge in [0.15, 0.2) is 0 Å². The minimum Gasteiger partial charge on any atom is -0.0628 e. The predicted octanol–water partition coefficient (Wildman–Crippen LogP) is 21.1. The zero-order chi connectivity index (χ0) is 50.7. The van der Waals surface area contributed by atoms with E-state index in [1.54, 1.807) is 0 Å². The normalized spacial score (nSPS) is 24.0. The molecule has 0 saturated heterocycles. The van der Waals surface area contributed by atoms with E-state index in [9.17, 15) is 0 Å². The van der Waals surface area contributed by atoms with Gasteiger partial charge >= 0.3 is 0 Å². The third-order valence-electron chi connectivity index (χ3n) is 18.4. The Morgan fingerprint density at radius 1 is 0.310 bits per heavy atom. The molecule has 0 nitrogen and oxygen atoms in total. The maximum absolute atomic E-state index is 2.59. The van der Waals surface area contributed by atoms with Crippen LogP contribution in [0.3, 0.4) is 0 Å². The fourth-order valence-corrected chi connectivity index (χ4v) is 14.0. The molecule has 0 aromatic heterocycles. The fraction of sp³-hybridized carbons (Fsp3) is 0.493. The summed E-state index contributed by atoms with van der Waals surface area (Å²) in [5, 5.41) is 0. The van der Waals surface area contributed by atoms with Crippen LogP contribution in [0.5, 0.6) is 0 Å². The molecule has 7 rings (SSSR count). The van der Waals surface area contributed by atoms with Gasteiger partial charge in [0.05, 0.1) is 0 Å². The molecule has 1 saturated carbocycles. The van der Waals surface area contributed by atoms with E-state index in [0.29, 0.717) is 71.0 Å². The molecule has 0 spiro atoms. The van der Waals surface area contributed by atoms with Gasteiger partial charge in [-0.05, 0) is 184 Å². The first kappa shape index (κ1) is 54.1. The van der Waals surface area contributed by atoms with Crippen LogP contribution < -0.4 is 0 Å².